The minimum Gasteiger partial charge on any atom is -0.507 e. The Labute approximate surface area is 430 Å². The molecule has 74 heavy (non-hydrogen) atoms. The number of anilines is 1. The number of methoxy groups -OCH3 is 2. The second-order valence-electron chi connectivity index (χ2n) is 21.0. The number of hydrogen-bond acceptors (Lipinski definition) is 18. The van der Waals surface area contributed by atoms with Crippen LogP contribution in [0.5, 0.6) is 23.0 Å². The zero-order valence-electron chi connectivity index (χ0n) is 44.1. The van der Waals surface area contributed by atoms with E-state index in [0.29, 0.717) is 41.5 Å². The Morgan fingerprint density at radius 1 is 0.932 bits per heavy atom. The summed E-state index contributed by atoms with van der Waals surface area (Å²) in [5.41, 5.74) is 1.37. The van der Waals surface area contributed by atoms with E-state index >= 15 is 0 Å². The van der Waals surface area contributed by atoms with E-state index in [1.54, 1.807) is 91.3 Å². The monoisotopic (exact) mass is 1020 g/mol. The van der Waals surface area contributed by atoms with Gasteiger partial charge in [0.2, 0.25) is 0 Å². The summed E-state index contributed by atoms with van der Waals surface area (Å²) >= 11 is 0. The number of allylic oxidation sites excluding steroid dienone is 2. The number of carbonyl (C=O) groups excluding carboxylic acids is 2. The SMILES string of the molecule is COc1ccc(-c2cn(CC(=O)O[C@H]3[C@H](C)[C@H](O)[C@H](C)[C@@H](O)[C@@H](C)/C=C/C=C(/C)C(O)/N=c4\c(O)c5c(O)c(C)c6c(c5c5c4=NC4(CCN(CC(C)C)CC4)N5)C(=O)[C@@](C)(O/C=C/[C@H](OC)[C@H]3C)O6)nn2)cc1. The van der Waals surface area contributed by atoms with Gasteiger partial charge in [-0.2, -0.15) is 0 Å². The molecular formula is C55H71N7O12. The van der Waals surface area contributed by atoms with Crippen LogP contribution in [0.2, 0.25) is 0 Å². The van der Waals surface area contributed by atoms with Gasteiger partial charge in [-0.05, 0) is 55.7 Å². The van der Waals surface area contributed by atoms with Gasteiger partial charge in [-0.25, -0.2) is 9.67 Å². The first-order valence-electron chi connectivity index (χ1n) is 25.4. The van der Waals surface area contributed by atoms with Gasteiger partial charge in [-0.15, -0.1) is 5.10 Å². The number of likely N-dealkylation sites (tertiary alicyclic amines) is 1. The number of nitrogens with zero attached hydrogens (tertiary/aromatic N) is 6. The molecule has 0 aliphatic carbocycles. The van der Waals surface area contributed by atoms with E-state index in [1.165, 1.54) is 25.0 Å². The van der Waals surface area contributed by atoms with Crippen LogP contribution in [-0.2, 0) is 25.5 Å². The minimum absolute atomic E-state index is 0.0494. The number of hydrogen-bond donors (Lipinski definition) is 6. The van der Waals surface area contributed by atoms with Crippen molar-refractivity contribution in [2.45, 2.75) is 124 Å². The van der Waals surface area contributed by atoms with E-state index in [4.69, 9.17) is 28.7 Å². The first kappa shape index (κ1) is 53.9. The molecule has 1 unspecified atom stereocenters. The zero-order valence-corrected chi connectivity index (χ0v) is 44.1. The van der Waals surface area contributed by atoms with Crippen LogP contribution in [0.3, 0.4) is 0 Å². The molecule has 5 aliphatic heterocycles. The lowest BCUT2D eigenvalue weighted by atomic mass is 9.78. The Hall–Kier alpha value is -6.38. The van der Waals surface area contributed by atoms with Crippen molar-refractivity contribution in [2.24, 2.45) is 39.6 Å². The van der Waals surface area contributed by atoms with Crippen LogP contribution in [0.1, 0.15) is 84.2 Å². The lowest BCUT2D eigenvalue weighted by Crippen LogP contribution is -2.47. The van der Waals surface area contributed by atoms with Crippen molar-refractivity contribution in [1.29, 1.82) is 0 Å². The highest BCUT2D eigenvalue weighted by atomic mass is 16.7. The molecule has 19 heteroatoms. The highest BCUT2D eigenvalue weighted by Gasteiger charge is 2.51. The number of phenolic OH excluding ortho intramolecular Hbond substituents is 2. The maximum absolute atomic E-state index is 15.0. The lowest BCUT2D eigenvalue weighted by Gasteiger charge is -2.38. The van der Waals surface area contributed by atoms with Gasteiger partial charge >= 0.3 is 11.8 Å². The summed E-state index contributed by atoms with van der Waals surface area (Å²) in [6, 6.07) is 7.23. The molecule has 10 atom stereocenters. The summed E-state index contributed by atoms with van der Waals surface area (Å²) in [7, 11) is 3.04. The molecule has 6 N–H and O–H groups in total. The number of ether oxygens (including phenoxy) is 5. The number of aromatic hydroxyl groups is 2. The summed E-state index contributed by atoms with van der Waals surface area (Å²) in [4.78, 5) is 41.1. The molecule has 5 bridgehead atoms. The number of aliphatic hydroxyl groups is 3. The summed E-state index contributed by atoms with van der Waals surface area (Å²) < 4.78 is 31.4. The molecule has 0 amide bonds. The molecule has 9 rings (SSSR count). The molecule has 6 heterocycles. The molecular weight excluding hydrogens is 951 g/mol. The number of nitrogens with one attached hydrogen (secondary N) is 1. The third-order valence-corrected chi connectivity index (χ3v) is 15.2. The smallest absolute Gasteiger partial charge is 0.328 e. The predicted molar refractivity (Wildman–Crippen MR) is 275 cm³/mol. The topological polar surface area (TPSA) is 252 Å². The molecule has 5 aliphatic rings. The van der Waals surface area contributed by atoms with Gasteiger partial charge in [0.05, 0.1) is 54.5 Å². The fourth-order valence-corrected chi connectivity index (χ4v) is 10.7. The van der Waals surface area contributed by atoms with Crippen LogP contribution < -0.4 is 25.5 Å². The van der Waals surface area contributed by atoms with Gasteiger partial charge in [0.25, 0.3) is 5.78 Å². The Morgan fingerprint density at radius 3 is 2.30 bits per heavy atom. The Bertz CT molecular complexity index is 2980. The van der Waals surface area contributed by atoms with Gasteiger partial charge < -0.3 is 59.4 Å². The van der Waals surface area contributed by atoms with Crippen molar-refractivity contribution >= 4 is 28.2 Å². The number of esters is 1. The van der Waals surface area contributed by atoms with Gasteiger partial charge in [-0.1, -0.05) is 65.0 Å². The number of fused-ring (bicyclic) bond motifs is 13. The summed E-state index contributed by atoms with van der Waals surface area (Å²) in [5.74, 6) is -5.64. The van der Waals surface area contributed by atoms with Crippen LogP contribution >= 0.6 is 0 Å². The van der Waals surface area contributed by atoms with E-state index in [-0.39, 0.29) is 50.7 Å². The molecule has 398 valence electrons. The number of carbonyl (C=O) groups is 2. The average Bonchev–Trinajstić information content (AvgIpc) is 4.07. The summed E-state index contributed by atoms with van der Waals surface area (Å²) in [6.45, 7) is 18.1. The Balaban J connectivity index is 1.18. The molecule has 1 fully saturated rings. The summed E-state index contributed by atoms with van der Waals surface area (Å²) in [6.07, 6.45) is 5.01. The van der Waals surface area contributed by atoms with Crippen LogP contribution in [-0.4, -0.2) is 133 Å². The maximum atomic E-state index is 15.0. The van der Waals surface area contributed by atoms with Gasteiger partial charge in [0.1, 0.15) is 52.0 Å². The number of rotatable bonds is 8. The third-order valence-electron chi connectivity index (χ3n) is 15.2. The lowest BCUT2D eigenvalue weighted by molar-refractivity contribution is -0.164. The van der Waals surface area contributed by atoms with Crippen molar-refractivity contribution in [3.63, 3.8) is 0 Å². The molecule has 1 aromatic heterocycles. The van der Waals surface area contributed by atoms with Gasteiger partial charge in [0.15, 0.2) is 12.0 Å². The van der Waals surface area contributed by atoms with Gasteiger partial charge in [0, 0.05) is 86.7 Å². The molecule has 4 aromatic rings. The normalized spacial score (nSPS) is 30.4. The second kappa shape index (κ2) is 21.5. The Kier molecular flexibility index (Phi) is 15.6. The number of aromatic nitrogens is 3. The summed E-state index contributed by atoms with van der Waals surface area (Å²) in [5, 5.41) is 71.9. The number of ketones is 1. The third kappa shape index (κ3) is 10.4. The van der Waals surface area contributed by atoms with Crippen molar-refractivity contribution < 1.29 is 58.8 Å². The molecule has 1 spiro atoms. The quantitative estimate of drug-likeness (QED) is 0.0943. The number of aliphatic hydroxyl groups excluding tert-OH is 3. The zero-order chi connectivity index (χ0) is 53.6. The van der Waals surface area contributed by atoms with Crippen LogP contribution in [0.15, 0.2) is 76.6 Å². The fourth-order valence-electron chi connectivity index (χ4n) is 10.7. The first-order chi connectivity index (χ1) is 35.1. The Morgan fingerprint density at radius 2 is 1.64 bits per heavy atom. The van der Waals surface area contributed by atoms with Crippen molar-refractivity contribution in [3.05, 3.63) is 88.4 Å². The second-order valence-corrected chi connectivity index (χ2v) is 21.0. The number of benzene rings is 3. The molecule has 0 saturated carbocycles. The molecule has 1 saturated heterocycles. The number of Topliss-reactive ketones (excluding diaryl/α,β-unsaturated/α-hetero) is 1. The van der Waals surface area contributed by atoms with E-state index in [2.05, 4.69) is 39.4 Å². The van der Waals surface area contributed by atoms with Crippen molar-refractivity contribution in [2.75, 3.05) is 39.2 Å². The average molecular weight is 1020 g/mol. The number of piperidine rings is 1. The predicted octanol–water partition coefficient (Wildman–Crippen LogP) is 5.49. The van der Waals surface area contributed by atoms with E-state index in [9.17, 15) is 35.1 Å². The van der Waals surface area contributed by atoms with Crippen LogP contribution in [0.25, 0.3) is 22.0 Å². The van der Waals surface area contributed by atoms with Gasteiger partial charge in [-0.3, -0.25) is 14.6 Å². The fraction of sp³-hybridized carbons (Fsp3) is 0.527. The highest BCUT2D eigenvalue weighted by molar-refractivity contribution is 6.21. The minimum atomic E-state index is -1.99. The van der Waals surface area contributed by atoms with Crippen molar-refractivity contribution in [3.8, 4) is 34.3 Å². The number of phenols is 2. The molecule has 3 aromatic carbocycles. The van der Waals surface area contributed by atoms with E-state index in [0.717, 1.165) is 25.2 Å². The largest absolute Gasteiger partial charge is 0.507 e. The highest BCUT2D eigenvalue weighted by Crippen LogP contribution is 2.51. The first-order valence-corrected chi connectivity index (χ1v) is 25.4. The molecule has 0 radical (unpaired) electrons. The van der Waals surface area contributed by atoms with E-state index in [1.807, 2.05) is 12.1 Å². The standard InChI is InChI=1S/C55H71N7O12/c1-28(2)25-61-22-20-55(21-23-61)57-43-40-41-48(66)34(8)51-42(40)52(68)54(9,74-51)72-24-19-38(71-11)31(5)50(73-39(63)27-62-26-37(59-60-62)35-15-17-36(70-10)18-16-35)33(7)47(65)32(6)46(64)29(3)13-12-14-30(4)53(69)56-45(49(41)67)44(43)58-55/h12-19,24,26,28-29,31-33,38,46-47,50,53,57,64-67,69H,20-23,25,27H2,1-11H3/b13-12+,24-19+,30-14-,56-45-/t29-,31+,32+,33+,38-,46-,47+,50+,53?,54-/m0/s1. The van der Waals surface area contributed by atoms with E-state index < -0.39 is 83.3 Å². The van der Waals surface area contributed by atoms with Crippen molar-refractivity contribution in [1.82, 2.24) is 19.9 Å². The maximum Gasteiger partial charge on any atom is 0.328 e. The van der Waals surface area contributed by atoms with Crippen LogP contribution in [0, 0.1) is 36.5 Å². The van der Waals surface area contributed by atoms with Crippen LogP contribution in [0.4, 0.5) is 5.69 Å². The molecule has 19 nitrogen and oxygen atoms in total.